The lowest BCUT2D eigenvalue weighted by atomic mass is 10.2. The van der Waals surface area contributed by atoms with E-state index in [0.717, 1.165) is 38.2 Å². The Morgan fingerprint density at radius 3 is 2.73 bits per heavy atom. The molecule has 6 nitrogen and oxygen atoms in total. The van der Waals surface area contributed by atoms with Crippen molar-refractivity contribution in [1.82, 2.24) is 9.47 Å². The summed E-state index contributed by atoms with van der Waals surface area (Å²) in [6, 6.07) is 11.6. The maximum Gasteiger partial charge on any atom is 0.419 e. The second-order valence-electron chi connectivity index (χ2n) is 6.62. The number of carbonyl (C=O) groups is 1. The van der Waals surface area contributed by atoms with Gasteiger partial charge in [-0.3, -0.25) is 9.36 Å². The quantitative estimate of drug-likeness (QED) is 0.726. The van der Waals surface area contributed by atoms with Crippen LogP contribution in [0.5, 0.6) is 0 Å². The number of aryl methyl sites for hydroxylation is 1. The first-order valence-electron chi connectivity index (χ1n) is 8.93. The van der Waals surface area contributed by atoms with Gasteiger partial charge in [0.25, 0.3) is 0 Å². The number of benzene rings is 1. The largest absolute Gasteiger partial charge is 0.419 e. The van der Waals surface area contributed by atoms with E-state index in [9.17, 15) is 9.59 Å². The van der Waals surface area contributed by atoms with Crippen LogP contribution in [0, 0.1) is 0 Å². The molecule has 0 aliphatic carbocycles. The molecule has 3 heterocycles. The van der Waals surface area contributed by atoms with Crippen molar-refractivity contribution in [2.45, 2.75) is 19.5 Å². The van der Waals surface area contributed by atoms with Crippen molar-refractivity contribution < 1.29 is 14.1 Å². The Bertz CT molecular complexity index is 937. The highest BCUT2D eigenvalue weighted by Gasteiger charge is 2.24. The number of quaternary nitrogens is 1. The highest BCUT2D eigenvalue weighted by molar-refractivity contribution is 7.09. The van der Waals surface area contributed by atoms with Gasteiger partial charge in [-0.05, 0) is 23.6 Å². The van der Waals surface area contributed by atoms with Crippen LogP contribution >= 0.6 is 11.3 Å². The van der Waals surface area contributed by atoms with Gasteiger partial charge in [-0.2, -0.15) is 0 Å². The van der Waals surface area contributed by atoms with Gasteiger partial charge in [0.2, 0.25) is 5.91 Å². The number of fused-ring (bicyclic) bond motifs is 1. The molecule has 4 rings (SSSR count). The third-order valence-electron chi connectivity index (χ3n) is 4.95. The van der Waals surface area contributed by atoms with Crippen LogP contribution in [0.3, 0.4) is 0 Å². The average Bonchev–Trinajstić information content (AvgIpc) is 3.27. The second kappa shape index (κ2) is 7.47. The Labute approximate surface area is 155 Å². The van der Waals surface area contributed by atoms with Crippen LogP contribution in [-0.2, 0) is 17.9 Å². The van der Waals surface area contributed by atoms with Crippen molar-refractivity contribution in [2.75, 3.05) is 26.2 Å². The number of carbonyl (C=O) groups excluding carboxylic acids is 1. The molecule has 0 radical (unpaired) electrons. The maximum absolute atomic E-state index is 12.5. The molecule has 0 unspecified atom stereocenters. The van der Waals surface area contributed by atoms with Gasteiger partial charge in [0.05, 0.1) is 36.6 Å². The number of hydrogen-bond acceptors (Lipinski definition) is 4. The maximum atomic E-state index is 12.5. The summed E-state index contributed by atoms with van der Waals surface area (Å²) in [5.41, 5.74) is 1.31. The Morgan fingerprint density at radius 2 is 1.96 bits per heavy atom. The number of thiophene rings is 1. The lowest BCUT2D eigenvalue weighted by Gasteiger charge is -2.32. The van der Waals surface area contributed by atoms with Gasteiger partial charge in [0.15, 0.2) is 5.58 Å². The Hall–Kier alpha value is -2.38. The van der Waals surface area contributed by atoms with Crippen LogP contribution in [0.1, 0.15) is 11.3 Å². The molecule has 1 aliphatic rings. The fraction of sp³-hybridized carbons (Fsp3) is 0.368. The molecule has 2 aromatic heterocycles. The topological polar surface area (TPSA) is 59.9 Å². The summed E-state index contributed by atoms with van der Waals surface area (Å²) in [7, 11) is 0. The number of nitrogens with zero attached hydrogens (tertiary/aromatic N) is 2. The molecule has 1 saturated heterocycles. The molecule has 26 heavy (non-hydrogen) atoms. The number of oxazole rings is 1. The van der Waals surface area contributed by atoms with Gasteiger partial charge < -0.3 is 14.2 Å². The fourth-order valence-electron chi connectivity index (χ4n) is 3.50. The minimum atomic E-state index is -0.399. The van der Waals surface area contributed by atoms with E-state index in [1.165, 1.54) is 9.78 Å². The molecule has 0 bridgehead atoms. The molecule has 0 spiro atoms. The first-order valence-corrected chi connectivity index (χ1v) is 9.81. The van der Waals surface area contributed by atoms with E-state index in [2.05, 4.69) is 17.5 Å². The van der Waals surface area contributed by atoms with Gasteiger partial charge in [0.1, 0.15) is 6.54 Å². The normalized spacial score (nSPS) is 15.6. The lowest BCUT2D eigenvalue weighted by molar-refractivity contribution is -0.917. The Morgan fingerprint density at radius 1 is 1.15 bits per heavy atom. The molecule has 0 atom stereocenters. The van der Waals surface area contributed by atoms with Crippen LogP contribution in [0.25, 0.3) is 11.1 Å². The summed E-state index contributed by atoms with van der Waals surface area (Å²) in [5.74, 6) is -0.290. The molecular weight excluding hydrogens is 350 g/mol. The van der Waals surface area contributed by atoms with E-state index in [-0.39, 0.29) is 5.91 Å². The van der Waals surface area contributed by atoms with E-state index in [0.29, 0.717) is 18.5 Å². The van der Waals surface area contributed by atoms with E-state index in [4.69, 9.17) is 4.42 Å². The first-order chi connectivity index (χ1) is 12.7. The summed E-state index contributed by atoms with van der Waals surface area (Å²) in [4.78, 5) is 29.4. The van der Waals surface area contributed by atoms with Crippen molar-refractivity contribution in [3.8, 4) is 0 Å². The van der Waals surface area contributed by atoms with Gasteiger partial charge in [-0.1, -0.05) is 18.2 Å². The number of hydrogen-bond donors (Lipinski definition) is 1. The van der Waals surface area contributed by atoms with Gasteiger partial charge >= 0.3 is 5.76 Å². The molecule has 0 saturated carbocycles. The smallest absolute Gasteiger partial charge is 0.408 e. The predicted molar refractivity (Wildman–Crippen MR) is 100 cm³/mol. The van der Waals surface area contributed by atoms with Crippen molar-refractivity contribution in [2.24, 2.45) is 0 Å². The van der Waals surface area contributed by atoms with Crippen LogP contribution in [0.2, 0.25) is 0 Å². The number of amides is 1. The number of para-hydroxylation sites is 2. The van der Waals surface area contributed by atoms with Crippen LogP contribution in [0.4, 0.5) is 0 Å². The minimum Gasteiger partial charge on any atom is -0.408 e. The number of rotatable bonds is 5. The summed E-state index contributed by atoms with van der Waals surface area (Å²) >= 11 is 1.79. The van der Waals surface area contributed by atoms with Crippen LogP contribution in [-0.4, -0.2) is 41.6 Å². The zero-order chi connectivity index (χ0) is 17.9. The lowest BCUT2D eigenvalue weighted by Crippen LogP contribution is -3.13. The third kappa shape index (κ3) is 3.59. The highest BCUT2D eigenvalue weighted by Crippen LogP contribution is 2.12. The minimum absolute atomic E-state index is 0.109. The summed E-state index contributed by atoms with van der Waals surface area (Å²) in [6.07, 6.45) is 0.323. The molecule has 1 fully saturated rings. The second-order valence-corrected chi connectivity index (χ2v) is 7.66. The van der Waals surface area contributed by atoms with Crippen LogP contribution < -0.4 is 10.7 Å². The zero-order valence-electron chi connectivity index (χ0n) is 14.5. The fourth-order valence-corrected chi connectivity index (χ4v) is 4.28. The van der Waals surface area contributed by atoms with E-state index in [1.807, 2.05) is 23.1 Å². The van der Waals surface area contributed by atoms with Crippen LogP contribution in [0.15, 0.2) is 51.0 Å². The average molecular weight is 372 g/mol. The predicted octanol–water partition coefficient (Wildman–Crippen LogP) is 0.973. The van der Waals surface area contributed by atoms with Crippen molar-refractivity contribution >= 4 is 28.3 Å². The number of aromatic nitrogens is 1. The summed E-state index contributed by atoms with van der Waals surface area (Å²) in [6.45, 7) is 4.89. The van der Waals surface area contributed by atoms with Gasteiger partial charge in [0, 0.05) is 13.0 Å². The number of nitrogens with one attached hydrogen (secondary N) is 1. The van der Waals surface area contributed by atoms with Crippen molar-refractivity contribution in [3.63, 3.8) is 0 Å². The highest BCUT2D eigenvalue weighted by atomic mass is 32.1. The summed E-state index contributed by atoms with van der Waals surface area (Å²) in [5, 5.41) is 2.11. The zero-order valence-corrected chi connectivity index (χ0v) is 15.3. The standard InChI is InChI=1S/C19H21N3O3S/c23-18(7-8-22-16-5-1-2-6-17(16)25-19(22)24)21-11-9-20(10-12-21)14-15-4-3-13-26-15/h1-6,13H,7-12,14H2/p+1. The molecule has 1 amide bonds. The molecule has 136 valence electrons. The van der Waals surface area contributed by atoms with Crippen molar-refractivity contribution in [3.05, 3.63) is 57.2 Å². The Balaban J connectivity index is 1.31. The van der Waals surface area contributed by atoms with E-state index < -0.39 is 5.76 Å². The molecule has 1 aromatic carbocycles. The van der Waals surface area contributed by atoms with Gasteiger partial charge in [-0.15, -0.1) is 11.3 Å². The summed E-state index contributed by atoms with van der Waals surface area (Å²) < 4.78 is 6.77. The molecule has 7 heteroatoms. The van der Waals surface area contributed by atoms with E-state index in [1.54, 1.807) is 22.0 Å². The molecular formula is C19H22N3O3S+. The Kier molecular flexibility index (Phi) is 4.90. The van der Waals surface area contributed by atoms with E-state index >= 15 is 0 Å². The number of piperazine rings is 1. The molecule has 1 aliphatic heterocycles. The molecule has 1 N–H and O–H groups in total. The monoisotopic (exact) mass is 372 g/mol. The van der Waals surface area contributed by atoms with Crippen molar-refractivity contribution in [1.29, 1.82) is 0 Å². The molecule has 3 aromatic rings. The SMILES string of the molecule is O=C(CCn1c(=O)oc2ccccc21)N1CC[NH+](Cc2cccs2)CC1. The van der Waals surface area contributed by atoms with Gasteiger partial charge in [-0.25, -0.2) is 4.79 Å². The first kappa shape index (κ1) is 17.1. The third-order valence-corrected chi connectivity index (χ3v) is 5.83.